The normalized spacial score (nSPS) is 21.3. The molecule has 0 bridgehead atoms. The first-order chi connectivity index (χ1) is 10.5. The van der Waals surface area contributed by atoms with Gasteiger partial charge in [-0.05, 0) is 19.1 Å². The molecule has 0 aromatic carbocycles. The van der Waals surface area contributed by atoms with Gasteiger partial charge in [0.1, 0.15) is 11.6 Å². The minimum Gasteiger partial charge on any atom is -0.391 e. The Morgan fingerprint density at radius 1 is 1.55 bits per heavy atom. The summed E-state index contributed by atoms with van der Waals surface area (Å²) in [6.45, 7) is 2.85. The van der Waals surface area contributed by atoms with E-state index in [-0.39, 0.29) is 5.92 Å². The number of carbonyl (C=O) groups excluding carboxylic acids is 1. The largest absolute Gasteiger partial charge is 0.391 e. The minimum absolute atomic E-state index is 0.00455. The Bertz CT molecular complexity index is 685. The van der Waals surface area contributed by atoms with Gasteiger partial charge in [0.15, 0.2) is 0 Å². The first-order valence-corrected chi connectivity index (χ1v) is 7.14. The number of aromatic nitrogens is 2. The Hall–Kier alpha value is -2.41. The van der Waals surface area contributed by atoms with Crippen molar-refractivity contribution in [3.05, 3.63) is 41.4 Å². The van der Waals surface area contributed by atoms with E-state index in [9.17, 15) is 9.90 Å². The molecular formula is C15H18N4O3. The van der Waals surface area contributed by atoms with Crippen molar-refractivity contribution < 1.29 is 14.4 Å². The van der Waals surface area contributed by atoms with E-state index in [1.807, 2.05) is 17.9 Å². The number of nitrogens with two attached hydrogens (primary N) is 1. The zero-order valence-electron chi connectivity index (χ0n) is 12.3. The van der Waals surface area contributed by atoms with Crippen LogP contribution in [0.4, 0.5) is 5.82 Å². The summed E-state index contributed by atoms with van der Waals surface area (Å²) >= 11 is 0. The van der Waals surface area contributed by atoms with Gasteiger partial charge in [-0.15, -0.1) is 0 Å². The minimum atomic E-state index is -0.521. The van der Waals surface area contributed by atoms with E-state index >= 15 is 0 Å². The molecule has 0 saturated carbocycles. The van der Waals surface area contributed by atoms with Crippen LogP contribution in [-0.4, -0.2) is 40.3 Å². The Morgan fingerprint density at radius 2 is 2.36 bits per heavy atom. The third-order valence-electron chi connectivity index (χ3n) is 3.90. The summed E-state index contributed by atoms with van der Waals surface area (Å²) in [6, 6.07) is 5.18. The molecule has 2 aromatic heterocycles. The van der Waals surface area contributed by atoms with Gasteiger partial charge in [-0.3, -0.25) is 4.79 Å². The summed E-state index contributed by atoms with van der Waals surface area (Å²) in [4.78, 5) is 17.6. The van der Waals surface area contributed by atoms with Crippen LogP contribution in [0.2, 0.25) is 0 Å². The van der Waals surface area contributed by atoms with E-state index < -0.39 is 12.0 Å². The van der Waals surface area contributed by atoms with Crippen molar-refractivity contribution in [1.29, 1.82) is 0 Å². The second kappa shape index (κ2) is 5.76. The van der Waals surface area contributed by atoms with Crippen LogP contribution in [0.15, 0.2) is 28.9 Å². The average Bonchev–Trinajstić information content (AvgIpc) is 3.06. The average molecular weight is 302 g/mol. The third-order valence-corrected chi connectivity index (χ3v) is 3.90. The van der Waals surface area contributed by atoms with Crippen molar-refractivity contribution in [2.75, 3.05) is 18.0 Å². The zero-order chi connectivity index (χ0) is 15.7. The maximum Gasteiger partial charge on any atom is 0.252 e. The van der Waals surface area contributed by atoms with Crippen LogP contribution >= 0.6 is 0 Å². The first kappa shape index (κ1) is 14.5. The van der Waals surface area contributed by atoms with E-state index in [1.165, 1.54) is 0 Å². The monoisotopic (exact) mass is 302 g/mol. The van der Waals surface area contributed by atoms with E-state index in [1.54, 1.807) is 18.3 Å². The van der Waals surface area contributed by atoms with Crippen LogP contribution in [0.1, 0.15) is 21.8 Å². The van der Waals surface area contributed by atoms with Gasteiger partial charge in [-0.1, -0.05) is 5.16 Å². The lowest BCUT2D eigenvalue weighted by molar-refractivity contribution is 0.100. The number of amides is 1. The number of pyridine rings is 1. The molecule has 2 atom stereocenters. The Labute approximate surface area is 127 Å². The van der Waals surface area contributed by atoms with Crippen LogP contribution < -0.4 is 10.6 Å². The zero-order valence-corrected chi connectivity index (χ0v) is 12.3. The van der Waals surface area contributed by atoms with Crippen molar-refractivity contribution in [1.82, 2.24) is 10.1 Å². The number of β-amino-alcohol motifs (C(OH)–C–C–N with tert-alkyl or cyclic N) is 1. The molecular weight excluding hydrogens is 284 g/mol. The van der Waals surface area contributed by atoms with Gasteiger partial charge in [0, 0.05) is 37.7 Å². The van der Waals surface area contributed by atoms with E-state index in [4.69, 9.17) is 10.3 Å². The van der Waals surface area contributed by atoms with E-state index in [2.05, 4.69) is 10.1 Å². The van der Waals surface area contributed by atoms with Crippen molar-refractivity contribution in [2.24, 2.45) is 11.7 Å². The number of anilines is 1. The van der Waals surface area contributed by atoms with Crippen LogP contribution in [-0.2, 0) is 6.42 Å². The second-order valence-corrected chi connectivity index (χ2v) is 5.61. The van der Waals surface area contributed by atoms with Gasteiger partial charge in [0.2, 0.25) is 0 Å². The number of aliphatic hydroxyl groups is 1. The fourth-order valence-electron chi connectivity index (χ4n) is 2.84. The molecule has 1 amide bonds. The van der Waals surface area contributed by atoms with Crippen molar-refractivity contribution in [2.45, 2.75) is 19.4 Å². The third kappa shape index (κ3) is 2.80. The molecule has 3 N–H and O–H groups in total. The molecule has 0 radical (unpaired) electrons. The molecule has 2 aromatic rings. The highest BCUT2D eigenvalue weighted by atomic mass is 16.5. The molecule has 3 heterocycles. The Kier molecular flexibility index (Phi) is 3.81. The van der Waals surface area contributed by atoms with Crippen molar-refractivity contribution in [3.63, 3.8) is 0 Å². The lowest BCUT2D eigenvalue weighted by atomic mass is 10.0. The number of carbonyl (C=O) groups is 1. The second-order valence-electron chi connectivity index (χ2n) is 5.61. The van der Waals surface area contributed by atoms with Gasteiger partial charge in [-0.2, -0.15) is 0 Å². The number of rotatable bonds is 4. The Morgan fingerprint density at radius 3 is 3.05 bits per heavy atom. The summed E-state index contributed by atoms with van der Waals surface area (Å²) in [5.41, 5.74) is 6.57. The standard InChI is InChI=1S/C15H18N4O3/c1-9-5-11(22-18-9)6-10-7-19(8-13(10)20)15-12(14(16)21)3-2-4-17-15/h2-5,10,13,20H,6-8H2,1H3,(H2,16,21)/t10-,13+/m1/s1. The van der Waals surface area contributed by atoms with Crippen LogP contribution in [0.5, 0.6) is 0 Å². The number of aliphatic hydroxyl groups excluding tert-OH is 1. The summed E-state index contributed by atoms with van der Waals surface area (Å²) in [6.07, 6.45) is 1.69. The fourth-order valence-corrected chi connectivity index (χ4v) is 2.84. The molecule has 1 saturated heterocycles. The molecule has 22 heavy (non-hydrogen) atoms. The fraction of sp³-hybridized carbons (Fsp3) is 0.400. The molecule has 7 heteroatoms. The molecule has 0 spiro atoms. The molecule has 1 aliphatic heterocycles. The van der Waals surface area contributed by atoms with Gasteiger partial charge >= 0.3 is 0 Å². The predicted molar refractivity (Wildman–Crippen MR) is 79.4 cm³/mol. The molecule has 1 aliphatic rings. The lowest BCUT2D eigenvalue weighted by Crippen LogP contribution is -2.26. The quantitative estimate of drug-likeness (QED) is 0.853. The molecule has 7 nitrogen and oxygen atoms in total. The van der Waals surface area contributed by atoms with E-state index in [0.717, 1.165) is 11.5 Å². The lowest BCUT2D eigenvalue weighted by Gasteiger charge is -2.19. The molecule has 116 valence electrons. The number of aryl methyl sites for hydroxylation is 1. The van der Waals surface area contributed by atoms with Gasteiger partial charge in [0.25, 0.3) is 5.91 Å². The molecule has 1 fully saturated rings. The van der Waals surface area contributed by atoms with E-state index in [0.29, 0.717) is 30.9 Å². The highest BCUT2D eigenvalue weighted by Crippen LogP contribution is 2.27. The smallest absolute Gasteiger partial charge is 0.252 e. The van der Waals surface area contributed by atoms with Crippen LogP contribution in [0, 0.1) is 12.8 Å². The Balaban J connectivity index is 1.77. The highest BCUT2D eigenvalue weighted by Gasteiger charge is 2.34. The molecule has 0 aliphatic carbocycles. The maximum absolute atomic E-state index is 11.5. The molecule has 3 rings (SSSR count). The summed E-state index contributed by atoms with van der Waals surface area (Å²) in [5.74, 6) is 0.742. The van der Waals surface area contributed by atoms with Gasteiger partial charge < -0.3 is 20.3 Å². The molecule has 0 unspecified atom stereocenters. The first-order valence-electron chi connectivity index (χ1n) is 7.14. The highest BCUT2D eigenvalue weighted by molar-refractivity contribution is 5.97. The SMILES string of the molecule is Cc1cc(C[C@@H]2CN(c3ncccc3C(N)=O)C[C@@H]2O)on1. The van der Waals surface area contributed by atoms with Crippen LogP contribution in [0.3, 0.4) is 0 Å². The number of hydrogen-bond acceptors (Lipinski definition) is 6. The number of primary amides is 1. The summed E-state index contributed by atoms with van der Waals surface area (Å²) in [5, 5.41) is 14.1. The number of nitrogens with zero attached hydrogens (tertiary/aromatic N) is 3. The topological polar surface area (TPSA) is 105 Å². The van der Waals surface area contributed by atoms with Gasteiger partial charge in [-0.25, -0.2) is 4.98 Å². The number of hydrogen-bond donors (Lipinski definition) is 2. The van der Waals surface area contributed by atoms with Gasteiger partial charge in [0.05, 0.1) is 17.4 Å². The van der Waals surface area contributed by atoms with Crippen molar-refractivity contribution >= 4 is 11.7 Å². The maximum atomic E-state index is 11.5. The van der Waals surface area contributed by atoms with Crippen LogP contribution in [0.25, 0.3) is 0 Å². The summed E-state index contributed by atoms with van der Waals surface area (Å²) in [7, 11) is 0. The summed E-state index contributed by atoms with van der Waals surface area (Å²) < 4.78 is 5.21. The van der Waals surface area contributed by atoms with Crippen molar-refractivity contribution in [3.8, 4) is 0 Å². The predicted octanol–water partition coefficient (Wildman–Crippen LogP) is 0.517.